The summed E-state index contributed by atoms with van der Waals surface area (Å²) in [6.07, 6.45) is 8.82. The number of hydrogen-bond donors (Lipinski definition) is 1. The molecule has 1 aliphatic rings. The molecule has 0 amide bonds. The molecule has 102 valence electrons. The minimum absolute atomic E-state index is 0.491. The fourth-order valence-corrected chi connectivity index (χ4v) is 3.33. The van der Waals surface area contributed by atoms with Gasteiger partial charge in [-0.1, -0.05) is 33.1 Å². The van der Waals surface area contributed by atoms with Crippen molar-refractivity contribution < 1.29 is 4.42 Å². The van der Waals surface area contributed by atoms with Gasteiger partial charge < -0.3 is 9.73 Å². The lowest BCUT2D eigenvalue weighted by Gasteiger charge is -2.33. The van der Waals surface area contributed by atoms with Gasteiger partial charge in [0.25, 0.3) is 0 Å². The second kappa shape index (κ2) is 6.42. The maximum absolute atomic E-state index is 5.48. The Morgan fingerprint density at radius 2 is 2.00 bits per heavy atom. The van der Waals surface area contributed by atoms with Gasteiger partial charge in [-0.2, -0.15) is 0 Å². The summed E-state index contributed by atoms with van der Waals surface area (Å²) in [4.78, 5) is 0. The van der Waals surface area contributed by atoms with E-state index in [0.717, 1.165) is 24.1 Å². The minimum atomic E-state index is 0.491. The van der Waals surface area contributed by atoms with Crippen molar-refractivity contribution in [2.45, 2.75) is 58.9 Å². The van der Waals surface area contributed by atoms with Crippen molar-refractivity contribution in [3.8, 4) is 0 Å². The van der Waals surface area contributed by atoms with Crippen LogP contribution in [0.15, 0.2) is 16.7 Å². The zero-order valence-electron chi connectivity index (χ0n) is 12.0. The Bertz CT molecular complexity index is 350. The first kappa shape index (κ1) is 13.7. The van der Waals surface area contributed by atoms with Gasteiger partial charge in [0.15, 0.2) is 0 Å². The second-order valence-electron chi connectivity index (χ2n) is 5.72. The van der Waals surface area contributed by atoms with Crippen molar-refractivity contribution in [2.24, 2.45) is 11.8 Å². The molecule has 0 aliphatic heterocycles. The molecule has 0 saturated heterocycles. The van der Waals surface area contributed by atoms with Crippen LogP contribution in [0, 0.1) is 18.8 Å². The van der Waals surface area contributed by atoms with Gasteiger partial charge in [0, 0.05) is 11.6 Å². The maximum Gasteiger partial charge on any atom is 0.101 e. The molecular weight excluding hydrogens is 222 g/mol. The molecule has 1 heterocycles. The summed E-state index contributed by atoms with van der Waals surface area (Å²) in [5.41, 5.74) is 1.34. The fraction of sp³-hybridized carbons (Fsp3) is 0.750. The Morgan fingerprint density at radius 1 is 1.28 bits per heavy atom. The van der Waals surface area contributed by atoms with Crippen LogP contribution in [-0.2, 0) is 0 Å². The molecule has 1 saturated carbocycles. The van der Waals surface area contributed by atoms with Crippen molar-refractivity contribution in [3.63, 3.8) is 0 Å². The lowest BCUT2D eigenvalue weighted by molar-refractivity contribution is 0.219. The number of nitrogens with one attached hydrogen (secondary N) is 1. The molecule has 2 rings (SSSR count). The molecule has 2 nitrogen and oxygen atoms in total. The van der Waals surface area contributed by atoms with E-state index in [0.29, 0.717) is 6.04 Å². The number of aryl methyl sites for hydroxylation is 1. The normalized spacial score (nSPS) is 26.2. The van der Waals surface area contributed by atoms with Crippen molar-refractivity contribution in [3.05, 3.63) is 23.7 Å². The van der Waals surface area contributed by atoms with Crippen LogP contribution in [0.5, 0.6) is 0 Å². The van der Waals surface area contributed by atoms with Gasteiger partial charge in [-0.15, -0.1) is 0 Å². The molecule has 1 fully saturated rings. The fourth-order valence-electron chi connectivity index (χ4n) is 3.33. The van der Waals surface area contributed by atoms with E-state index in [9.17, 15) is 0 Å². The van der Waals surface area contributed by atoms with Crippen LogP contribution >= 0.6 is 0 Å². The summed E-state index contributed by atoms with van der Waals surface area (Å²) in [7, 11) is 0. The van der Waals surface area contributed by atoms with Crippen molar-refractivity contribution in [1.82, 2.24) is 5.32 Å². The Labute approximate surface area is 111 Å². The van der Waals surface area contributed by atoms with Crippen LogP contribution in [0.25, 0.3) is 0 Å². The van der Waals surface area contributed by atoms with Crippen molar-refractivity contribution in [1.29, 1.82) is 0 Å². The highest BCUT2D eigenvalue weighted by Crippen LogP contribution is 2.38. The highest BCUT2D eigenvalue weighted by Gasteiger charge is 2.28. The number of rotatable bonds is 5. The highest BCUT2D eigenvalue weighted by atomic mass is 16.3. The molecule has 0 radical (unpaired) electrons. The second-order valence-corrected chi connectivity index (χ2v) is 5.72. The first-order valence-electron chi connectivity index (χ1n) is 7.53. The monoisotopic (exact) mass is 249 g/mol. The zero-order chi connectivity index (χ0) is 13.0. The van der Waals surface area contributed by atoms with Crippen LogP contribution in [0.4, 0.5) is 0 Å². The van der Waals surface area contributed by atoms with Gasteiger partial charge in [-0.25, -0.2) is 0 Å². The molecule has 2 heteroatoms. The molecule has 1 aliphatic carbocycles. The van der Waals surface area contributed by atoms with Crippen LogP contribution in [0.1, 0.15) is 63.3 Å². The predicted octanol–water partition coefficient (Wildman–Crippen LogP) is 4.46. The summed E-state index contributed by atoms with van der Waals surface area (Å²) in [6, 6.07) is 2.68. The highest BCUT2D eigenvalue weighted by molar-refractivity contribution is 5.17. The van der Waals surface area contributed by atoms with Gasteiger partial charge in [0.05, 0.1) is 6.26 Å². The SMILES string of the molecule is CCNC(c1coc(C)c1)C1CCC(CC)CC1. The standard InChI is InChI=1S/C16H27NO/c1-4-13-6-8-14(9-7-13)16(17-5-2)15-10-12(3)18-11-15/h10-11,13-14,16-17H,4-9H2,1-3H3. The topological polar surface area (TPSA) is 25.2 Å². The minimum Gasteiger partial charge on any atom is -0.469 e. The summed E-state index contributed by atoms with van der Waals surface area (Å²) in [5, 5.41) is 3.65. The molecule has 1 atom stereocenters. The van der Waals surface area contributed by atoms with E-state index in [1.165, 1.54) is 37.7 Å². The summed E-state index contributed by atoms with van der Waals surface area (Å²) in [6.45, 7) is 7.58. The quantitative estimate of drug-likeness (QED) is 0.833. The molecule has 0 bridgehead atoms. The molecule has 0 spiro atoms. The number of furan rings is 1. The Balaban J connectivity index is 2.02. The Kier molecular flexibility index (Phi) is 4.87. The van der Waals surface area contributed by atoms with E-state index in [1.807, 2.05) is 13.2 Å². The van der Waals surface area contributed by atoms with E-state index in [-0.39, 0.29) is 0 Å². The average Bonchev–Trinajstić information content (AvgIpc) is 2.82. The van der Waals surface area contributed by atoms with Gasteiger partial charge in [-0.05, 0) is 44.2 Å². The van der Waals surface area contributed by atoms with E-state index in [2.05, 4.69) is 25.2 Å². The number of hydrogen-bond acceptors (Lipinski definition) is 2. The molecule has 18 heavy (non-hydrogen) atoms. The van der Waals surface area contributed by atoms with Crippen molar-refractivity contribution in [2.75, 3.05) is 6.54 Å². The third-order valence-corrected chi connectivity index (χ3v) is 4.47. The molecule has 1 aromatic heterocycles. The zero-order valence-corrected chi connectivity index (χ0v) is 12.0. The van der Waals surface area contributed by atoms with Gasteiger partial charge in [0.2, 0.25) is 0 Å². The van der Waals surface area contributed by atoms with Crippen LogP contribution in [0.2, 0.25) is 0 Å². The summed E-state index contributed by atoms with van der Waals surface area (Å²) < 4.78 is 5.48. The lowest BCUT2D eigenvalue weighted by atomic mass is 9.76. The molecular formula is C16H27NO. The molecule has 1 unspecified atom stereocenters. The van der Waals surface area contributed by atoms with Crippen LogP contribution in [-0.4, -0.2) is 6.54 Å². The van der Waals surface area contributed by atoms with Gasteiger partial charge in [-0.3, -0.25) is 0 Å². The first-order valence-corrected chi connectivity index (χ1v) is 7.53. The molecule has 1 N–H and O–H groups in total. The smallest absolute Gasteiger partial charge is 0.101 e. The van der Waals surface area contributed by atoms with E-state index < -0.39 is 0 Å². The van der Waals surface area contributed by atoms with Gasteiger partial charge >= 0.3 is 0 Å². The van der Waals surface area contributed by atoms with Crippen LogP contribution in [0.3, 0.4) is 0 Å². The van der Waals surface area contributed by atoms with E-state index in [4.69, 9.17) is 4.42 Å². The largest absolute Gasteiger partial charge is 0.469 e. The van der Waals surface area contributed by atoms with E-state index >= 15 is 0 Å². The first-order chi connectivity index (χ1) is 8.74. The molecule has 0 aromatic carbocycles. The maximum atomic E-state index is 5.48. The predicted molar refractivity (Wildman–Crippen MR) is 75.6 cm³/mol. The van der Waals surface area contributed by atoms with E-state index in [1.54, 1.807) is 0 Å². The van der Waals surface area contributed by atoms with Gasteiger partial charge in [0.1, 0.15) is 5.76 Å². The summed E-state index contributed by atoms with van der Waals surface area (Å²) in [5.74, 6) is 2.77. The average molecular weight is 249 g/mol. The lowest BCUT2D eigenvalue weighted by Crippen LogP contribution is -2.30. The third kappa shape index (κ3) is 3.17. The molecule has 1 aromatic rings. The van der Waals surface area contributed by atoms with Crippen molar-refractivity contribution >= 4 is 0 Å². The Hall–Kier alpha value is -0.760. The summed E-state index contributed by atoms with van der Waals surface area (Å²) >= 11 is 0. The van der Waals surface area contributed by atoms with Crippen LogP contribution < -0.4 is 5.32 Å². The Morgan fingerprint density at radius 3 is 2.50 bits per heavy atom. The third-order valence-electron chi connectivity index (χ3n) is 4.47.